The van der Waals surface area contributed by atoms with Gasteiger partial charge in [0.15, 0.2) is 10.1 Å². The van der Waals surface area contributed by atoms with Crippen molar-refractivity contribution < 1.29 is 34.9 Å². The number of halogens is 5. The van der Waals surface area contributed by atoms with Gasteiger partial charge in [-0.15, -0.1) is 0 Å². The average molecular weight is 448 g/mol. The van der Waals surface area contributed by atoms with Crippen molar-refractivity contribution in [1.29, 1.82) is 0 Å². The second-order valence-corrected chi connectivity index (χ2v) is 9.51. The summed E-state index contributed by atoms with van der Waals surface area (Å²) in [4.78, 5) is 0. The summed E-state index contributed by atoms with van der Waals surface area (Å²) in [5.41, 5.74) is -5.65. The molecule has 0 aliphatic heterocycles. The van der Waals surface area contributed by atoms with Crippen molar-refractivity contribution in [3.63, 3.8) is 0 Å². The lowest BCUT2D eigenvalue weighted by atomic mass is 10.3. The zero-order valence-electron chi connectivity index (χ0n) is 14.5. The molecule has 3 rings (SSSR count). The molecule has 3 aromatic rings. The van der Waals surface area contributed by atoms with E-state index in [0.717, 1.165) is 10.6 Å². The minimum absolute atomic E-state index is 0.243. The molecule has 0 unspecified atom stereocenters. The quantitative estimate of drug-likeness (QED) is 0.267. The number of benzene rings is 3. The van der Waals surface area contributed by atoms with Crippen molar-refractivity contribution in [2.45, 2.75) is 5.51 Å². The van der Waals surface area contributed by atoms with Crippen LogP contribution in [0.2, 0.25) is 0 Å². The van der Waals surface area contributed by atoms with Gasteiger partial charge in [-0.05, 0) is 60.7 Å². The Morgan fingerprint density at radius 3 is 1.28 bits per heavy atom. The average Bonchev–Trinajstić information content (AvgIpc) is 2.65. The van der Waals surface area contributed by atoms with Gasteiger partial charge in [0.1, 0.15) is 27.5 Å². The molecule has 0 bridgehead atoms. The largest absolute Gasteiger partial charge is 0.741 e. The molecule has 0 radical (unpaired) electrons. The summed E-state index contributed by atoms with van der Waals surface area (Å²) in [6.07, 6.45) is 0. The fraction of sp³-hybridized carbons (Fsp3) is 0.0526. The Morgan fingerprint density at radius 1 is 0.655 bits per heavy atom. The Labute approximate surface area is 165 Å². The van der Waals surface area contributed by atoms with Crippen LogP contribution in [-0.4, -0.2) is 18.5 Å². The highest BCUT2D eigenvalue weighted by Crippen LogP contribution is 2.32. The SMILES string of the molecule is Fc1ccc([PH+](c2ccccc2)c2ccc(F)cc2)cc1.O=S(=O)([O-])C(F)(F)F. The Hall–Kier alpha value is -2.35. The first-order chi connectivity index (χ1) is 13.5. The normalized spacial score (nSPS) is 11.7. The first-order valence-electron chi connectivity index (χ1n) is 7.95. The fourth-order valence-corrected chi connectivity index (χ4v) is 4.86. The molecular formula is C19H14F5O3PS. The van der Waals surface area contributed by atoms with Gasteiger partial charge in [0.25, 0.3) is 0 Å². The second kappa shape index (κ2) is 9.43. The van der Waals surface area contributed by atoms with Gasteiger partial charge in [-0.1, -0.05) is 18.2 Å². The topological polar surface area (TPSA) is 57.2 Å². The third-order valence-corrected chi connectivity index (χ3v) is 6.91. The molecule has 0 amide bonds. The van der Waals surface area contributed by atoms with E-state index in [1.165, 1.54) is 29.6 Å². The molecule has 0 atom stereocenters. The summed E-state index contributed by atoms with van der Waals surface area (Å²) in [7, 11) is -7.33. The lowest BCUT2D eigenvalue weighted by Crippen LogP contribution is -2.21. The minimum atomic E-state index is -6.09. The van der Waals surface area contributed by atoms with Crippen molar-refractivity contribution in [1.82, 2.24) is 0 Å². The molecule has 0 spiro atoms. The van der Waals surface area contributed by atoms with Gasteiger partial charge in [0, 0.05) is 0 Å². The summed E-state index contributed by atoms with van der Waals surface area (Å²) < 4.78 is 85.2. The van der Waals surface area contributed by atoms with E-state index in [1.54, 1.807) is 0 Å². The smallest absolute Gasteiger partial charge is 0.485 e. The van der Waals surface area contributed by atoms with Crippen LogP contribution in [0.1, 0.15) is 0 Å². The van der Waals surface area contributed by atoms with Crippen molar-refractivity contribution in [2.75, 3.05) is 0 Å². The van der Waals surface area contributed by atoms with E-state index in [2.05, 4.69) is 12.1 Å². The molecule has 3 aromatic carbocycles. The molecule has 0 fully saturated rings. The van der Waals surface area contributed by atoms with Gasteiger partial charge in [0.05, 0.1) is 7.92 Å². The number of hydrogen-bond acceptors (Lipinski definition) is 3. The first kappa shape index (κ1) is 22.9. The summed E-state index contributed by atoms with van der Waals surface area (Å²) >= 11 is 0. The lowest BCUT2D eigenvalue weighted by Gasteiger charge is -2.10. The van der Waals surface area contributed by atoms with E-state index in [1.807, 2.05) is 42.5 Å². The van der Waals surface area contributed by atoms with Crippen LogP contribution < -0.4 is 15.9 Å². The molecule has 154 valence electrons. The van der Waals surface area contributed by atoms with Crippen molar-refractivity contribution in [3.05, 3.63) is 90.5 Å². The summed E-state index contributed by atoms with van der Waals surface area (Å²) in [5.74, 6) is -0.487. The fourth-order valence-electron chi connectivity index (χ4n) is 2.34. The van der Waals surface area contributed by atoms with Gasteiger partial charge in [-0.3, -0.25) is 0 Å². The maximum Gasteiger partial charge on any atom is 0.485 e. The summed E-state index contributed by atoms with van der Waals surface area (Å²) in [5, 5.41) is 3.36. The summed E-state index contributed by atoms with van der Waals surface area (Å²) in [6, 6.07) is 23.3. The second-order valence-electron chi connectivity index (χ2n) is 5.65. The van der Waals surface area contributed by atoms with E-state index in [-0.39, 0.29) is 11.6 Å². The predicted octanol–water partition coefficient (Wildman–Crippen LogP) is 3.51. The van der Waals surface area contributed by atoms with Crippen LogP contribution in [-0.2, 0) is 10.1 Å². The Kier molecular flexibility index (Phi) is 7.46. The Balaban J connectivity index is 0.000000321. The third-order valence-electron chi connectivity index (χ3n) is 3.61. The van der Waals surface area contributed by atoms with Crippen LogP contribution in [0.15, 0.2) is 78.9 Å². The maximum absolute atomic E-state index is 13.2. The van der Waals surface area contributed by atoms with Crippen LogP contribution in [0, 0.1) is 11.6 Å². The Morgan fingerprint density at radius 2 is 0.966 bits per heavy atom. The Bertz CT molecular complexity index is 977. The first-order valence-corrected chi connectivity index (χ1v) is 10.9. The van der Waals surface area contributed by atoms with Gasteiger partial charge in [-0.25, -0.2) is 17.2 Å². The van der Waals surface area contributed by atoms with Crippen molar-refractivity contribution in [3.8, 4) is 0 Å². The molecule has 0 aliphatic rings. The zero-order chi connectivity index (χ0) is 21.7. The number of hydrogen-bond donors (Lipinski definition) is 0. The van der Waals surface area contributed by atoms with Gasteiger partial charge in [-0.2, -0.15) is 13.2 Å². The third kappa shape index (κ3) is 6.59. The van der Waals surface area contributed by atoms with Gasteiger partial charge >= 0.3 is 5.51 Å². The highest BCUT2D eigenvalue weighted by atomic mass is 32.2. The molecule has 3 nitrogen and oxygen atoms in total. The van der Waals surface area contributed by atoms with E-state index in [4.69, 9.17) is 13.0 Å². The number of alkyl halides is 3. The zero-order valence-corrected chi connectivity index (χ0v) is 16.3. The van der Waals surface area contributed by atoms with Crippen LogP contribution >= 0.6 is 7.92 Å². The van der Waals surface area contributed by atoms with E-state index >= 15 is 0 Å². The molecule has 0 saturated carbocycles. The van der Waals surface area contributed by atoms with Gasteiger partial charge in [0.2, 0.25) is 0 Å². The molecule has 10 heteroatoms. The van der Waals surface area contributed by atoms with Crippen LogP contribution in [0.4, 0.5) is 22.0 Å². The molecule has 0 heterocycles. The van der Waals surface area contributed by atoms with Crippen molar-refractivity contribution in [2.24, 2.45) is 0 Å². The van der Waals surface area contributed by atoms with Crippen molar-refractivity contribution >= 4 is 34.0 Å². The maximum atomic E-state index is 13.2. The standard InChI is InChI=1S/C18H13F2P.CHF3O3S/c19-14-6-10-17(11-7-14)21(16-4-2-1-3-5-16)18-12-8-15(20)9-13-18;2-1(3,4)8(5,6)7/h1-13H;(H,5,6,7). The predicted molar refractivity (Wildman–Crippen MR) is 102 cm³/mol. The van der Waals surface area contributed by atoms with Crippen LogP contribution in [0.25, 0.3) is 0 Å². The molecule has 0 aliphatic carbocycles. The number of rotatable bonds is 3. The molecule has 0 aromatic heterocycles. The van der Waals surface area contributed by atoms with Crippen LogP contribution in [0.3, 0.4) is 0 Å². The molecule has 0 N–H and O–H groups in total. The molecular weight excluding hydrogens is 434 g/mol. The molecule has 0 saturated heterocycles. The van der Waals surface area contributed by atoms with Gasteiger partial charge < -0.3 is 4.55 Å². The summed E-state index contributed by atoms with van der Waals surface area (Å²) in [6.45, 7) is 0. The minimum Gasteiger partial charge on any atom is -0.741 e. The van der Waals surface area contributed by atoms with E-state index < -0.39 is 23.5 Å². The van der Waals surface area contributed by atoms with Crippen LogP contribution in [0.5, 0.6) is 0 Å². The van der Waals surface area contributed by atoms with E-state index in [9.17, 15) is 22.0 Å². The van der Waals surface area contributed by atoms with E-state index in [0.29, 0.717) is 0 Å². The molecule has 29 heavy (non-hydrogen) atoms. The highest BCUT2D eigenvalue weighted by Gasteiger charge is 2.36. The monoisotopic (exact) mass is 448 g/mol. The highest BCUT2D eigenvalue weighted by molar-refractivity contribution is 7.86. The lowest BCUT2D eigenvalue weighted by molar-refractivity contribution is -0.0517.